The highest BCUT2D eigenvalue weighted by atomic mass is 35.5. The van der Waals surface area contributed by atoms with Gasteiger partial charge >= 0.3 is 5.38 Å². The normalized spacial score (nSPS) is 16.9. The van der Waals surface area contributed by atoms with Gasteiger partial charge in [0.05, 0.1) is 6.54 Å². The first-order valence-corrected chi connectivity index (χ1v) is 6.38. The van der Waals surface area contributed by atoms with Crippen molar-refractivity contribution in [3.8, 4) is 0 Å². The van der Waals surface area contributed by atoms with Crippen LogP contribution in [-0.4, -0.2) is 22.1 Å². The summed E-state index contributed by atoms with van der Waals surface area (Å²) in [5.74, 6) is 0.641. The van der Waals surface area contributed by atoms with Crippen LogP contribution in [0.1, 0.15) is 12.8 Å². The largest absolute Gasteiger partial charge is 0.321 e. The summed E-state index contributed by atoms with van der Waals surface area (Å²) >= 11 is 7.81. The Morgan fingerprint density at radius 2 is 2.43 bits per heavy atom. The summed E-state index contributed by atoms with van der Waals surface area (Å²) in [5.41, 5.74) is 0. The second kappa shape index (κ2) is 5.98. The van der Waals surface area contributed by atoms with Crippen molar-refractivity contribution in [1.82, 2.24) is 0 Å². The highest BCUT2D eigenvalue weighted by Gasteiger charge is 2.23. The number of alkyl halides is 3. The Hall–Kier alpha value is 0.260. The summed E-state index contributed by atoms with van der Waals surface area (Å²) in [4.78, 5) is 4.20. The van der Waals surface area contributed by atoms with Crippen LogP contribution in [0, 0.1) is 0 Å². The van der Waals surface area contributed by atoms with E-state index in [9.17, 15) is 8.78 Å². The fraction of sp³-hybridized carbons (Fsp3) is 0.625. The van der Waals surface area contributed by atoms with Crippen molar-refractivity contribution in [2.45, 2.75) is 18.2 Å². The van der Waals surface area contributed by atoms with Crippen LogP contribution in [0.5, 0.6) is 0 Å². The number of rotatable bonds is 4. The summed E-state index contributed by atoms with van der Waals surface area (Å²) in [6, 6.07) is 0. The van der Waals surface area contributed by atoms with Gasteiger partial charge in [-0.1, -0.05) is 29.6 Å². The van der Waals surface area contributed by atoms with Gasteiger partial charge in [-0.25, -0.2) is 0 Å². The van der Waals surface area contributed by atoms with Crippen LogP contribution < -0.4 is 0 Å². The lowest BCUT2D eigenvalue weighted by atomic mass is 10.3. The van der Waals surface area contributed by atoms with E-state index in [1.807, 2.05) is 11.5 Å². The molecule has 1 heterocycles. The van der Waals surface area contributed by atoms with Gasteiger partial charge in [0.2, 0.25) is 0 Å². The second-order valence-corrected chi connectivity index (χ2v) is 5.45. The Labute approximate surface area is 95.4 Å². The van der Waals surface area contributed by atoms with Crippen LogP contribution in [-0.2, 0) is 0 Å². The second-order valence-electron chi connectivity index (χ2n) is 2.66. The van der Waals surface area contributed by atoms with Crippen molar-refractivity contribution in [3.63, 3.8) is 0 Å². The van der Waals surface area contributed by atoms with E-state index in [2.05, 4.69) is 4.99 Å². The molecule has 0 unspecified atom stereocenters. The van der Waals surface area contributed by atoms with Crippen molar-refractivity contribution >= 4 is 39.5 Å². The van der Waals surface area contributed by atoms with E-state index < -0.39 is 5.38 Å². The molecule has 14 heavy (non-hydrogen) atoms. The molecule has 0 aromatic carbocycles. The molecule has 0 saturated carbocycles. The standard InChI is InChI=1S/C8H10ClF2NS2/c9-8(10,11)3-1-5-13-7-12-4-2-6-14-7/h2,6H,1,3-5H2. The number of aliphatic imine (C=N–C) groups is 1. The number of halogens is 3. The van der Waals surface area contributed by atoms with Gasteiger partial charge in [-0.3, -0.25) is 4.99 Å². The van der Waals surface area contributed by atoms with Gasteiger partial charge in [-0.15, -0.1) is 0 Å². The van der Waals surface area contributed by atoms with Gasteiger partial charge in [0.25, 0.3) is 0 Å². The molecule has 0 aromatic heterocycles. The maximum atomic E-state index is 12.2. The number of nitrogens with zero attached hydrogens (tertiary/aromatic N) is 1. The first-order chi connectivity index (χ1) is 6.58. The van der Waals surface area contributed by atoms with E-state index in [4.69, 9.17) is 11.6 Å². The zero-order chi connectivity index (χ0) is 10.4. The molecule has 0 radical (unpaired) electrons. The molecule has 0 aromatic rings. The first-order valence-electron chi connectivity index (χ1n) is 4.13. The highest BCUT2D eigenvalue weighted by Crippen LogP contribution is 2.27. The Kier molecular flexibility index (Phi) is 5.26. The molecule has 0 spiro atoms. The predicted octanol–water partition coefficient (Wildman–Crippen LogP) is 3.95. The van der Waals surface area contributed by atoms with Gasteiger partial charge in [0.15, 0.2) is 0 Å². The molecule has 0 N–H and O–H groups in total. The lowest BCUT2D eigenvalue weighted by molar-refractivity contribution is 0.0857. The average Bonchev–Trinajstić information content (AvgIpc) is 2.13. The third-order valence-electron chi connectivity index (χ3n) is 1.42. The Bertz CT molecular complexity index is 238. The van der Waals surface area contributed by atoms with Gasteiger partial charge in [-0.2, -0.15) is 8.78 Å². The fourth-order valence-corrected chi connectivity index (χ4v) is 2.72. The smallest absolute Gasteiger partial charge is 0.267 e. The average molecular weight is 258 g/mol. The Morgan fingerprint density at radius 3 is 3.00 bits per heavy atom. The zero-order valence-electron chi connectivity index (χ0n) is 7.38. The van der Waals surface area contributed by atoms with Crippen LogP contribution >= 0.6 is 35.1 Å². The molecule has 0 aliphatic carbocycles. The summed E-state index contributed by atoms with van der Waals surface area (Å²) in [7, 11) is 0. The monoisotopic (exact) mass is 257 g/mol. The molecule has 0 fully saturated rings. The Morgan fingerprint density at radius 1 is 1.64 bits per heavy atom. The first kappa shape index (κ1) is 12.3. The molecule has 6 heteroatoms. The van der Waals surface area contributed by atoms with E-state index in [0.29, 0.717) is 18.7 Å². The van der Waals surface area contributed by atoms with Gasteiger partial charge < -0.3 is 0 Å². The molecule has 0 bridgehead atoms. The van der Waals surface area contributed by atoms with E-state index in [1.165, 1.54) is 23.5 Å². The van der Waals surface area contributed by atoms with Crippen molar-refractivity contribution in [2.24, 2.45) is 4.99 Å². The van der Waals surface area contributed by atoms with Gasteiger partial charge in [-0.05, 0) is 23.4 Å². The minimum atomic E-state index is -3.05. The minimum Gasteiger partial charge on any atom is -0.267 e. The molecule has 0 amide bonds. The molecule has 1 aliphatic heterocycles. The van der Waals surface area contributed by atoms with Crippen molar-refractivity contribution in [3.05, 3.63) is 11.5 Å². The molecular weight excluding hydrogens is 248 g/mol. The highest BCUT2D eigenvalue weighted by molar-refractivity contribution is 8.40. The van der Waals surface area contributed by atoms with Crippen LogP contribution in [0.15, 0.2) is 16.5 Å². The molecule has 1 rings (SSSR count). The fourth-order valence-electron chi connectivity index (χ4n) is 0.826. The van der Waals surface area contributed by atoms with Crippen LogP contribution in [0.3, 0.4) is 0 Å². The lowest BCUT2D eigenvalue weighted by Crippen LogP contribution is -2.05. The zero-order valence-corrected chi connectivity index (χ0v) is 9.77. The summed E-state index contributed by atoms with van der Waals surface area (Å²) < 4.78 is 25.3. The SMILES string of the molecule is FC(F)(Cl)CCCSC1=NCC=CS1. The van der Waals surface area contributed by atoms with E-state index in [1.54, 1.807) is 0 Å². The van der Waals surface area contributed by atoms with Crippen molar-refractivity contribution in [2.75, 3.05) is 12.3 Å². The molecule has 80 valence electrons. The lowest BCUT2D eigenvalue weighted by Gasteiger charge is -2.08. The van der Waals surface area contributed by atoms with E-state index >= 15 is 0 Å². The third-order valence-corrected chi connectivity index (χ3v) is 3.78. The quantitative estimate of drug-likeness (QED) is 0.559. The van der Waals surface area contributed by atoms with E-state index in [0.717, 1.165) is 4.38 Å². The third kappa shape index (κ3) is 5.88. The maximum Gasteiger partial charge on any atom is 0.321 e. The number of hydrogen-bond acceptors (Lipinski definition) is 3. The van der Waals surface area contributed by atoms with E-state index in [-0.39, 0.29) is 6.42 Å². The van der Waals surface area contributed by atoms with Crippen LogP contribution in [0.25, 0.3) is 0 Å². The van der Waals surface area contributed by atoms with Crippen LogP contribution in [0.4, 0.5) is 8.78 Å². The Balaban J connectivity index is 2.07. The van der Waals surface area contributed by atoms with Gasteiger partial charge in [0.1, 0.15) is 4.38 Å². The number of thioether (sulfide) groups is 2. The topological polar surface area (TPSA) is 12.4 Å². The number of hydrogen-bond donors (Lipinski definition) is 0. The summed E-state index contributed by atoms with van der Waals surface area (Å²) in [6.07, 6.45) is 2.10. The predicted molar refractivity (Wildman–Crippen MR) is 61.5 cm³/mol. The van der Waals surface area contributed by atoms with Crippen LogP contribution in [0.2, 0.25) is 0 Å². The van der Waals surface area contributed by atoms with Gasteiger partial charge in [0, 0.05) is 12.2 Å². The summed E-state index contributed by atoms with van der Waals surface area (Å²) in [5, 5.41) is -1.09. The minimum absolute atomic E-state index is 0.269. The van der Waals surface area contributed by atoms with Crippen molar-refractivity contribution < 1.29 is 8.78 Å². The van der Waals surface area contributed by atoms with Crippen molar-refractivity contribution in [1.29, 1.82) is 0 Å². The molecule has 0 atom stereocenters. The summed E-state index contributed by atoms with van der Waals surface area (Å²) in [6.45, 7) is 0.695. The maximum absolute atomic E-state index is 12.2. The molecular formula is C8H10ClF2NS2. The molecule has 1 nitrogen and oxygen atoms in total. The molecule has 1 aliphatic rings. The molecule has 0 saturated heterocycles.